The second-order valence-electron chi connectivity index (χ2n) is 4.23. The van der Waals surface area contributed by atoms with Crippen LogP contribution >= 0.6 is 0 Å². The fourth-order valence-electron chi connectivity index (χ4n) is 2.30. The molecule has 3 fully saturated rings. The molecule has 0 aromatic heterocycles. The Bertz CT molecular complexity index is 266. The summed E-state index contributed by atoms with van der Waals surface area (Å²) in [5, 5.41) is 0. The second kappa shape index (κ2) is 3.24. The van der Waals surface area contributed by atoms with E-state index in [4.69, 9.17) is 0 Å². The number of piperidine rings is 2. The van der Waals surface area contributed by atoms with Crippen LogP contribution in [0.4, 0.5) is 0 Å². The van der Waals surface area contributed by atoms with Gasteiger partial charge in [-0.2, -0.15) is 0 Å². The van der Waals surface area contributed by atoms with Gasteiger partial charge in [0, 0.05) is 20.0 Å². The first kappa shape index (κ1) is 9.45. The van der Waals surface area contributed by atoms with Crippen LogP contribution < -0.4 is 10.9 Å². The third-order valence-corrected chi connectivity index (χ3v) is 3.02. The van der Waals surface area contributed by atoms with E-state index < -0.39 is 0 Å². The highest BCUT2D eigenvalue weighted by Crippen LogP contribution is 2.39. The van der Waals surface area contributed by atoms with Crippen LogP contribution in [0.1, 0.15) is 19.8 Å². The van der Waals surface area contributed by atoms with Crippen LogP contribution in [0.3, 0.4) is 0 Å². The van der Waals surface area contributed by atoms with E-state index in [9.17, 15) is 9.59 Å². The molecule has 0 atom stereocenters. The van der Waals surface area contributed by atoms with Crippen molar-refractivity contribution in [2.24, 2.45) is 5.41 Å². The van der Waals surface area contributed by atoms with Crippen LogP contribution in [0.5, 0.6) is 0 Å². The Labute approximate surface area is 82.8 Å². The summed E-state index contributed by atoms with van der Waals surface area (Å²) in [6, 6.07) is 0. The van der Waals surface area contributed by atoms with Crippen molar-refractivity contribution >= 4 is 11.8 Å². The van der Waals surface area contributed by atoms with Gasteiger partial charge in [0.25, 0.3) is 0 Å². The number of carbonyl (C=O) groups is 2. The summed E-state index contributed by atoms with van der Waals surface area (Å²) in [7, 11) is 0. The van der Waals surface area contributed by atoms with Gasteiger partial charge in [0.05, 0.1) is 5.41 Å². The summed E-state index contributed by atoms with van der Waals surface area (Å²) < 4.78 is 0. The highest BCUT2D eigenvalue weighted by atomic mass is 16.2. The topological polar surface area (TPSA) is 61.4 Å². The largest absolute Gasteiger partial charge is 0.301 e. The molecule has 3 heterocycles. The number of nitrogens with zero attached hydrogens (tertiary/aromatic N) is 1. The summed E-state index contributed by atoms with van der Waals surface area (Å²) in [5.74, 6) is -0.273. The van der Waals surface area contributed by atoms with Gasteiger partial charge in [0.1, 0.15) is 0 Å². The number of rotatable bonds is 1. The number of amides is 2. The molecule has 0 radical (unpaired) electrons. The maximum Gasteiger partial charge on any atom is 0.247 e. The van der Waals surface area contributed by atoms with E-state index in [0.29, 0.717) is 0 Å². The van der Waals surface area contributed by atoms with Gasteiger partial charge in [-0.25, -0.2) is 0 Å². The lowest BCUT2D eigenvalue weighted by Gasteiger charge is -2.53. The molecule has 2 N–H and O–H groups in total. The molecular weight excluding hydrogens is 182 g/mol. The number of hydrogen-bond acceptors (Lipinski definition) is 3. The number of carbonyl (C=O) groups excluding carboxylic acids is 2. The lowest BCUT2D eigenvalue weighted by molar-refractivity contribution is -0.150. The van der Waals surface area contributed by atoms with Gasteiger partial charge in [0.15, 0.2) is 0 Å². The number of fused-ring (bicyclic) bond motifs is 2. The smallest absolute Gasteiger partial charge is 0.247 e. The van der Waals surface area contributed by atoms with Crippen molar-refractivity contribution in [1.82, 2.24) is 15.8 Å². The highest BCUT2D eigenvalue weighted by Gasteiger charge is 2.51. The standard InChI is InChI=1S/C9H15N3O2/c1-7(13)10-11-8(14)9-3-2-4-12(5-9)6-9/h2-6H2,1H3,(H,10,13)(H,11,14). The molecule has 0 aromatic carbocycles. The second-order valence-corrected chi connectivity index (χ2v) is 4.23. The summed E-state index contributed by atoms with van der Waals surface area (Å²) >= 11 is 0. The van der Waals surface area contributed by atoms with E-state index in [-0.39, 0.29) is 17.2 Å². The van der Waals surface area contributed by atoms with Crippen LogP contribution in [-0.4, -0.2) is 36.3 Å². The molecule has 5 nitrogen and oxygen atoms in total. The first-order valence-electron chi connectivity index (χ1n) is 4.92. The van der Waals surface area contributed by atoms with Crippen molar-refractivity contribution < 1.29 is 9.59 Å². The van der Waals surface area contributed by atoms with Gasteiger partial charge in [-0.1, -0.05) is 0 Å². The molecular formula is C9H15N3O2. The Kier molecular flexibility index (Phi) is 2.19. The van der Waals surface area contributed by atoms with Crippen molar-refractivity contribution in [2.75, 3.05) is 19.6 Å². The maximum atomic E-state index is 11.7. The van der Waals surface area contributed by atoms with Crippen LogP contribution in [0.25, 0.3) is 0 Å². The molecule has 3 aliphatic rings. The first-order valence-corrected chi connectivity index (χ1v) is 4.92. The zero-order valence-electron chi connectivity index (χ0n) is 8.30. The molecule has 0 aliphatic carbocycles. The third kappa shape index (κ3) is 1.48. The van der Waals surface area contributed by atoms with E-state index in [1.807, 2.05) is 0 Å². The average molecular weight is 197 g/mol. The van der Waals surface area contributed by atoms with Gasteiger partial charge in [0.2, 0.25) is 11.8 Å². The lowest BCUT2D eigenvalue weighted by atomic mass is 9.71. The van der Waals surface area contributed by atoms with Gasteiger partial charge in [-0.05, 0) is 19.4 Å². The van der Waals surface area contributed by atoms with E-state index in [1.54, 1.807) is 0 Å². The Hall–Kier alpha value is -1.10. The third-order valence-electron chi connectivity index (χ3n) is 3.02. The minimum Gasteiger partial charge on any atom is -0.301 e. The molecule has 3 rings (SSSR count). The Morgan fingerprint density at radius 1 is 1.29 bits per heavy atom. The minimum absolute atomic E-state index is 0.0383. The van der Waals surface area contributed by atoms with Crippen LogP contribution in [0.2, 0.25) is 0 Å². The fourth-order valence-corrected chi connectivity index (χ4v) is 2.30. The van der Waals surface area contributed by atoms with Crippen LogP contribution in [0, 0.1) is 5.41 Å². The normalized spacial score (nSPS) is 34.2. The van der Waals surface area contributed by atoms with Crippen molar-refractivity contribution in [1.29, 1.82) is 0 Å². The summed E-state index contributed by atoms with van der Waals surface area (Å²) in [4.78, 5) is 24.6. The Balaban J connectivity index is 1.88. The van der Waals surface area contributed by atoms with Crippen LogP contribution in [0.15, 0.2) is 0 Å². The summed E-state index contributed by atoms with van der Waals surface area (Å²) in [6.45, 7) is 4.18. The SMILES string of the molecule is CC(=O)NNC(=O)C12CCCN(C1)C2. The van der Waals surface area contributed by atoms with E-state index in [0.717, 1.165) is 32.5 Å². The van der Waals surface area contributed by atoms with Crippen molar-refractivity contribution in [3.8, 4) is 0 Å². The quantitative estimate of drug-likeness (QED) is 0.544. The van der Waals surface area contributed by atoms with E-state index in [2.05, 4.69) is 15.8 Å². The fraction of sp³-hybridized carbons (Fsp3) is 0.778. The molecule has 78 valence electrons. The summed E-state index contributed by atoms with van der Waals surface area (Å²) in [6.07, 6.45) is 2.02. The monoisotopic (exact) mass is 197 g/mol. The lowest BCUT2D eigenvalue weighted by Crippen LogP contribution is -2.67. The molecule has 5 heteroatoms. The van der Waals surface area contributed by atoms with Crippen molar-refractivity contribution in [3.05, 3.63) is 0 Å². The minimum atomic E-state index is -0.235. The molecule has 3 aliphatic heterocycles. The zero-order chi connectivity index (χ0) is 10.2. The van der Waals surface area contributed by atoms with Gasteiger partial charge in [-0.3, -0.25) is 20.4 Å². The van der Waals surface area contributed by atoms with Gasteiger partial charge < -0.3 is 4.90 Å². The predicted molar refractivity (Wildman–Crippen MR) is 50.1 cm³/mol. The molecule has 0 unspecified atom stereocenters. The predicted octanol–water partition coefficient (Wildman–Crippen LogP) is -0.750. The molecule has 2 bridgehead atoms. The molecule has 2 amide bonds. The van der Waals surface area contributed by atoms with Crippen LogP contribution in [-0.2, 0) is 9.59 Å². The Morgan fingerprint density at radius 3 is 2.50 bits per heavy atom. The molecule has 14 heavy (non-hydrogen) atoms. The van der Waals surface area contributed by atoms with Gasteiger partial charge >= 0.3 is 0 Å². The van der Waals surface area contributed by atoms with E-state index >= 15 is 0 Å². The number of hydrazine groups is 1. The molecule has 0 spiro atoms. The van der Waals surface area contributed by atoms with Gasteiger partial charge in [-0.15, -0.1) is 0 Å². The molecule has 0 saturated carbocycles. The Morgan fingerprint density at radius 2 is 2.00 bits per heavy atom. The molecule has 0 aromatic rings. The first-order chi connectivity index (χ1) is 6.62. The number of nitrogens with one attached hydrogen (secondary N) is 2. The zero-order valence-corrected chi connectivity index (χ0v) is 8.30. The highest BCUT2D eigenvalue weighted by molar-refractivity contribution is 5.86. The average Bonchev–Trinajstić information content (AvgIpc) is 2.13. The maximum absolute atomic E-state index is 11.7. The van der Waals surface area contributed by atoms with Crippen molar-refractivity contribution in [2.45, 2.75) is 19.8 Å². The molecule has 3 saturated heterocycles. The van der Waals surface area contributed by atoms with E-state index in [1.165, 1.54) is 6.92 Å². The van der Waals surface area contributed by atoms with Crippen molar-refractivity contribution in [3.63, 3.8) is 0 Å². The summed E-state index contributed by atoms with van der Waals surface area (Å²) in [5.41, 5.74) is 4.58. The number of hydrogen-bond donors (Lipinski definition) is 2.